The van der Waals surface area contributed by atoms with Crippen LogP contribution in [-0.4, -0.2) is 43.4 Å². The van der Waals surface area contributed by atoms with E-state index < -0.39 is 6.36 Å². The molecule has 3 N–H and O–H groups in total. The van der Waals surface area contributed by atoms with E-state index in [0.717, 1.165) is 19.6 Å². The number of nitrogens with two attached hydrogens (primary N) is 1. The van der Waals surface area contributed by atoms with E-state index in [1.54, 1.807) is 6.07 Å². The Labute approximate surface area is 139 Å². The molecule has 1 heterocycles. The lowest BCUT2D eigenvalue weighted by Gasteiger charge is -2.19. The molecule has 1 aliphatic heterocycles. The third-order valence-electron chi connectivity index (χ3n) is 3.72. The molecule has 0 aromatic heterocycles. The summed E-state index contributed by atoms with van der Waals surface area (Å²) in [6, 6.07) is 5.72. The summed E-state index contributed by atoms with van der Waals surface area (Å²) in [4.78, 5) is 6.60. The number of hydrogen-bond acceptors (Lipinski definition) is 3. The molecule has 2 rings (SSSR count). The van der Waals surface area contributed by atoms with Gasteiger partial charge in [-0.3, -0.25) is 4.99 Å². The Kier molecular flexibility index (Phi) is 6.30. The number of alkyl halides is 3. The summed E-state index contributed by atoms with van der Waals surface area (Å²) >= 11 is 0. The maximum absolute atomic E-state index is 12.4. The van der Waals surface area contributed by atoms with Gasteiger partial charge < -0.3 is 20.7 Å². The van der Waals surface area contributed by atoms with Crippen LogP contribution >= 0.6 is 0 Å². The third-order valence-corrected chi connectivity index (χ3v) is 3.72. The fraction of sp³-hybridized carbons (Fsp3) is 0.562. The molecule has 24 heavy (non-hydrogen) atoms. The van der Waals surface area contributed by atoms with Crippen molar-refractivity contribution in [3.63, 3.8) is 0 Å². The van der Waals surface area contributed by atoms with Crippen molar-refractivity contribution in [1.29, 1.82) is 0 Å². The van der Waals surface area contributed by atoms with Gasteiger partial charge in [-0.05, 0) is 44.0 Å². The lowest BCUT2D eigenvalue weighted by atomic mass is 10.2. The van der Waals surface area contributed by atoms with Crippen LogP contribution in [0.4, 0.5) is 18.9 Å². The summed E-state index contributed by atoms with van der Waals surface area (Å²) in [7, 11) is 0. The first-order chi connectivity index (χ1) is 11.3. The minimum absolute atomic E-state index is 0.0708. The molecule has 1 aliphatic rings. The number of halogens is 3. The van der Waals surface area contributed by atoms with E-state index in [4.69, 9.17) is 5.73 Å². The number of nitrogens with zero attached hydrogens (tertiary/aromatic N) is 2. The molecule has 0 spiro atoms. The van der Waals surface area contributed by atoms with E-state index in [0.29, 0.717) is 12.5 Å². The molecule has 0 radical (unpaired) electrons. The molecule has 1 unspecified atom stereocenters. The largest absolute Gasteiger partial charge is 0.573 e. The molecular weight excluding hydrogens is 321 g/mol. The summed E-state index contributed by atoms with van der Waals surface area (Å²) in [5.74, 6) is 0.0554. The normalized spacial score (nSPS) is 17.8. The number of anilines is 1. The third kappa shape index (κ3) is 6.27. The Hall–Kier alpha value is -1.96. The van der Waals surface area contributed by atoms with Crippen molar-refractivity contribution < 1.29 is 17.9 Å². The minimum atomic E-state index is -4.76. The smallest absolute Gasteiger partial charge is 0.404 e. The molecule has 0 aliphatic carbocycles. The standard InChI is InChI=1S/C16H23F3N4O/c1-12(11-23-8-4-5-9-23)10-21-15(20)22-13-6-2-3-7-14(13)24-16(17,18)19/h2-3,6-7,12H,4-5,8-11H2,1H3,(H3,20,21,22). The van der Waals surface area contributed by atoms with Gasteiger partial charge in [0.25, 0.3) is 0 Å². The highest BCUT2D eigenvalue weighted by Crippen LogP contribution is 2.29. The number of nitrogens with one attached hydrogen (secondary N) is 1. The van der Waals surface area contributed by atoms with Crippen LogP contribution < -0.4 is 15.8 Å². The molecule has 8 heteroatoms. The number of guanidine groups is 1. The number of ether oxygens (including phenoxy) is 1. The minimum Gasteiger partial charge on any atom is -0.404 e. The first-order valence-corrected chi connectivity index (χ1v) is 7.97. The van der Waals surface area contributed by atoms with E-state index in [9.17, 15) is 13.2 Å². The maximum Gasteiger partial charge on any atom is 0.573 e. The maximum atomic E-state index is 12.4. The van der Waals surface area contributed by atoms with Crippen molar-refractivity contribution in [3.8, 4) is 5.75 Å². The van der Waals surface area contributed by atoms with Crippen LogP contribution in [0.1, 0.15) is 19.8 Å². The van der Waals surface area contributed by atoms with E-state index in [2.05, 4.69) is 26.9 Å². The first kappa shape index (κ1) is 18.4. The van der Waals surface area contributed by atoms with Crippen molar-refractivity contribution in [2.24, 2.45) is 16.6 Å². The summed E-state index contributed by atoms with van der Waals surface area (Å²) in [5.41, 5.74) is 5.91. The van der Waals surface area contributed by atoms with Crippen LogP contribution in [0.25, 0.3) is 0 Å². The second kappa shape index (κ2) is 8.23. The van der Waals surface area contributed by atoms with Crippen LogP contribution in [0, 0.1) is 5.92 Å². The van der Waals surface area contributed by atoms with Crippen LogP contribution in [0.15, 0.2) is 29.3 Å². The monoisotopic (exact) mass is 344 g/mol. The van der Waals surface area contributed by atoms with Crippen molar-refractivity contribution >= 4 is 11.6 Å². The molecule has 1 aromatic rings. The number of rotatable bonds is 6. The summed E-state index contributed by atoms with van der Waals surface area (Å²) in [6.07, 6.45) is -2.29. The highest BCUT2D eigenvalue weighted by molar-refractivity contribution is 5.93. The van der Waals surface area contributed by atoms with Crippen LogP contribution in [-0.2, 0) is 0 Å². The molecular formula is C16H23F3N4O. The van der Waals surface area contributed by atoms with E-state index in [1.165, 1.54) is 31.0 Å². The average molecular weight is 344 g/mol. The molecule has 0 bridgehead atoms. The number of aliphatic imine (C=N–C) groups is 1. The van der Waals surface area contributed by atoms with Gasteiger partial charge in [0, 0.05) is 13.1 Å². The summed E-state index contributed by atoms with van der Waals surface area (Å²) < 4.78 is 41.1. The van der Waals surface area contributed by atoms with Gasteiger partial charge in [0.1, 0.15) is 0 Å². The van der Waals surface area contributed by atoms with Crippen molar-refractivity contribution in [2.75, 3.05) is 31.5 Å². The number of hydrogen-bond donors (Lipinski definition) is 2. The lowest BCUT2D eigenvalue weighted by molar-refractivity contribution is -0.274. The van der Waals surface area contributed by atoms with Crippen LogP contribution in [0.3, 0.4) is 0 Å². The SMILES string of the molecule is CC(CN=C(N)Nc1ccccc1OC(F)(F)F)CN1CCCC1. The first-order valence-electron chi connectivity index (χ1n) is 7.97. The fourth-order valence-electron chi connectivity index (χ4n) is 2.68. The zero-order chi connectivity index (χ0) is 17.6. The van der Waals surface area contributed by atoms with E-state index in [1.807, 2.05) is 0 Å². The topological polar surface area (TPSA) is 62.9 Å². The average Bonchev–Trinajstić information content (AvgIpc) is 2.99. The molecule has 1 aromatic carbocycles. The van der Waals surface area contributed by atoms with Crippen LogP contribution in [0.5, 0.6) is 5.75 Å². The van der Waals surface area contributed by atoms with Gasteiger partial charge in [-0.15, -0.1) is 13.2 Å². The number of likely N-dealkylation sites (tertiary alicyclic amines) is 1. The molecule has 0 amide bonds. The van der Waals surface area contributed by atoms with Gasteiger partial charge in [0.05, 0.1) is 5.69 Å². The van der Waals surface area contributed by atoms with Crippen molar-refractivity contribution in [3.05, 3.63) is 24.3 Å². The van der Waals surface area contributed by atoms with Crippen molar-refractivity contribution in [2.45, 2.75) is 26.1 Å². The molecule has 1 fully saturated rings. The van der Waals surface area contributed by atoms with Crippen LogP contribution in [0.2, 0.25) is 0 Å². The van der Waals surface area contributed by atoms with Gasteiger partial charge in [0.15, 0.2) is 11.7 Å². The Morgan fingerprint density at radius 3 is 2.67 bits per heavy atom. The highest BCUT2D eigenvalue weighted by Gasteiger charge is 2.32. The van der Waals surface area contributed by atoms with E-state index in [-0.39, 0.29) is 17.4 Å². The Balaban J connectivity index is 1.90. The zero-order valence-corrected chi connectivity index (χ0v) is 13.6. The molecule has 0 saturated carbocycles. The quantitative estimate of drug-likeness (QED) is 0.615. The Morgan fingerprint density at radius 1 is 1.33 bits per heavy atom. The molecule has 1 atom stereocenters. The predicted molar refractivity (Wildman–Crippen MR) is 88.1 cm³/mol. The molecule has 1 saturated heterocycles. The summed E-state index contributed by atoms with van der Waals surface area (Å²) in [5, 5.41) is 2.67. The fourth-order valence-corrected chi connectivity index (χ4v) is 2.68. The number of para-hydroxylation sites is 2. The van der Waals surface area contributed by atoms with E-state index >= 15 is 0 Å². The van der Waals surface area contributed by atoms with Gasteiger partial charge in [-0.2, -0.15) is 0 Å². The Bertz CT molecular complexity index is 556. The second-order valence-electron chi connectivity index (χ2n) is 6.01. The highest BCUT2D eigenvalue weighted by atomic mass is 19.4. The van der Waals surface area contributed by atoms with Gasteiger partial charge in [-0.25, -0.2) is 0 Å². The summed E-state index contributed by atoms with van der Waals surface area (Å²) in [6.45, 7) is 5.77. The molecule has 5 nitrogen and oxygen atoms in total. The predicted octanol–water partition coefficient (Wildman–Crippen LogP) is 3.04. The number of benzene rings is 1. The second-order valence-corrected chi connectivity index (χ2v) is 6.01. The lowest BCUT2D eigenvalue weighted by Crippen LogP contribution is -2.29. The van der Waals surface area contributed by atoms with Gasteiger partial charge in [0.2, 0.25) is 0 Å². The van der Waals surface area contributed by atoms with Gasteiger partial charge >= 0.3 is 6.36 Å². The zero-order valence-electron chi connectivity index (χ0n) is 13.6. The van der Waals surface area contributed by atoms with Gasteiger partial charge in [-0.1, -0.05) is 19.1 Å². The Morgan fingerprint density at radius 2 is 2.00 bits per heavy atom. The molecule has 134 valence electrons. The van der Waals surface area contributed by atoms with Crippen molar-refractivity contribution in [1.82, 2.24) is 4.90 Å².